The number of aryl methyl sites for hydroxylation is 1. The third kappa shape index (κ3) is 3.82. The second-order valence-electron chi connectivity index (χ2n) is 4.62. The summed E-state index contributed by atoms with van der Waals surface area (Å²) in [5.41, 5.74) is 3.67. The molecule has 0 aliphatic heterocycles. The minimum Gasteiger partial charge on any atom is -0.392 e. The lowest BCUT2D eigenvalue weighted by Crippen LogP contribution is -2.14. The van der Waals surface area contributed by atoms with Gasteiger partial charge in [-0.3, -0.25) is 0 Å². The van der Waals surface area contributed by atoms with Gasteiger partial charge in [0, 0.05) is 3.57 Å². The molecule has 0 amide bonds. The predicted molar refractivity (Wildman–Crippen MR) is 83.8 cm³/mol. The maximum absolute atomic E-state index is 10.1. The lowest BCUT2D eigenvalue weighted by molar-refractivity contribution is 0.175. The zero-order valence-electron chi connectivity index (χ0n) is 10.4. The highest BCUT2D eigenvalue weighted by molar-refractivity contribution is 14.1. The Hall–Kier alpha value is -0.870. The molecule has 0 saturated heterocycles. The number of hydrogen-bond acceptors (Lipinski definition) is 1. The minimum absolute atomic E-state index is 0.314. The fraction of sp³-hybridized carbons (Fsp3) is 0.250. The number of benzene rings is 2. The number of aliphatic hydroxyl groups excluding tert-OH is 1. The second kappa shape index (κ2) is 6.34. The Labute approximate surface area is 122 Å². The van der Waals surface area contributed by atoms with E-state index in [0.717, 1.165) is 6.42 Å². The van der Waals surface area contributed by atoms with Gasteiger partial charge in [0.25, 0.3) is 0 Å². The number of hydrogen-bond donors (Lipinski definition) is 1. The van der Waals surface area contributed by atoms with Crippen LogP contribution >= 0.6 is 22.6 Å². The number of rotatable bonds is 4. The summed E-state index contributed by atoms with van der Waals surface area (Å²) in [6.07, 6.45) is 1.12. The quantitative estimate of drug-likeness (QED) is 0.831. The molecule has 2 rings (SSSR count). The van der Waals surface area contributed by atoms with Crippen LogP contribution in [0, 0.1) is 10.5 Å². The first kappa shape index (κ1) is 13.6. The van der Waals surface area contributed by atoms with E-state index >= 15 is 0 Å². The van der Waals surface area contributed by atoms with Crippen molar-refractivity contribution in [3.05, 3.63) is 68.8 Å². The highest BCUT2D eigenvalue weighted by Gasteiger charge is 2.08. The van der Waals surface area contributed by atoms with E-state index in [9.17, 15) is 5.11 Å². The van der Waals surface area contributed by atoms with E-state index in [1.165, 1.54) is 20.3 Å². The molecule has 18 heavy (non-hydrogen) atoms. The lowest BCUT2D eigenvalue weighted by Gasteiger charge is -2.12. The highest BCUT2D eigenvalue weighted by atomic mass is 127. The van der Waals surface area contributed by atoms with Crippen LogP contribution in [0.3, 0.4) is 0 Å². The van der Waals surface area contributed by atoms with Crippen molar-refractivity contribution in [2.75, 3.05) is 0 Å². The Morgan fingerprint density at radius 3 is 2.33 bits per heavy atom. The first-order chi connectivity index (χ1) is 8.65. The van der Waals surface area contributed by atoms with Gasteiger partial charge in [0.05, 0.1) is 6.10 Å². The van der Waals surface area contributed by atoms with E-state index in [2.05, 4.69) is 65.9 Å². The van der Waals surface area contributed by atoms with Crippen LogP contribution in [0.25, 0.3) is 0 Å². The molecule has 0 saturated carbocycles. The van der Waals surface area contributed by atoms with Gasteiger partial charge in [0.15, 0.2) is 0 Å². The maximum atomic E-state index is 10.1. The van der Waals surface area contributed by atoms with Crippen molar-refractivity contribution in [1.29, 1.82) is 0 Å². The lowest BCUT2D eigenvalue weighted by atomic mass is 9.98. The average Bonchev–Trinajstić information content (AvgIpc) is 2.35. The maximum Gasteiger partial charge on any atom is 0.0620 e. The van der Waals surface area contributed by atoms with Crippen molar-refractivity contribution in [3.8, 4) is 0 Å². The van der Waals surface area contributed by atoms with Crippen LogP contribution < -0.4 is 0 Å². The van der Waals surface area contributed by atoms with Crippen molar-refractivity contribution in [3.63, 3.8) is 0 Å². The molecule has 0 spiro atoms. The smallest absolute Gasteiger partial charge is 0.0620 e. The van der Waals surface area contributed by atoms with Gasteiger partial charge in [0.2, 0.25) is 0 Å². The Kier molecular flexibility index (Phi) is 4.78. The van der Waals surface area contributed by atoms with Crippen LogP contribution in [-0.2, 0) is 12.8 Å². The van der Waals surface area contributed by atoms with Crippen LogP contribution in [0.4, 0.5) is 0 Å². The van der Waals surface area contributed by atoms with Gasteiger partial charge >= 0.3 is 0 Å². The van der Waals surface area contributed by atoms with Crippen LogP contribution in [0.1, 0.15) is 16.7 Å². The third-order valence-electron chi connectivity index (χ3n) is 3.10. The Balaban J connectivity index is 1.99. The van der Waals surface area contributed by atoms with Gasteiger partial charge in [-0.1, -0.05) is 36.4 Å². The molecule has 2 aromatic carbocycles. The first-order valence-electron chi connectivity index (χ1n) is 6.12. The van der Waals surface area contributed by atoms with Gasteiger partial charge in [-0.25, -0.2) is 0 Å². The summed E-state index contributed by atoms with van der Waals surface area (Å²) in [5.74, 6) is 0. The molecule has 0 aromatic heterocycles. The molecule has 1 N–H and O–H groups in total. The van der Waals surface area contributed by atoms with E-state index in [-0.39, 0.29) is 6.10 Å². The summed E-state index contributed by atoms with van der Waals surface area (Å²) in [6, 6.07) is 16.6. The molecular formula is C16H17IO. The largest absolute Gasteiger partial charge is 0.392 e. The van der Waals surface area contributed by atoms with E-state index in [1.54, 1.807) is 0 Å². The fourth-order valence-corrected chi connectivity index (χ4v) is 2.42. The van der Waals surface area contributed by atoms with Crippen LogP contribution in [0.2, 0.25) is 0 Å². The zero-order chi connectivity index (χ0) is 13.0. The van der Waals surface area contributed by atoms with Gasteiger partial charge in [-0.05, 0) is 71.2 Å². The van der Waals surface area contributed by atoms with Gasteiger partial charge < -0.3 is 5.11 Å². The first-order valence-corrected chi connectivity index (χ1v) is 7.20. The molecule has 0 aliphatic carbocycles. The highest BCUT2D eigenvalue weighted by Crippen LogP contribution is 2.14. The summed E-state index contributed by atoms with van der Waals surface area (Å²) >= 11 is 2.29. The SMILES string of the molecule is Cc1ccccc1CC(O)Cc1ccc(I)cc1. The molecule has 94 valence electrons. The Morgan fingerprint density at radius 1 is 1.00 bits per heavy atom. The van der Waals surface area contributed by atoms with Crippen molar-refractivity contribution < 1.29 is 5.11 Å². The van der Waals surface area contributed by atoms with Crippen LogP contribution in [0.5, 0.6) is 0 Å². The molecule has 0 fully saturated rings. The predicted octanol–water partition coefficient (Wildman–Crippen LogP) is 3.75. The molecular weight excluding hydrogens is 335 g/mol. The molecule has 2 aromatic rings. The van der Waals surface area contributed by atoms with Crippen molar-refractivity contribution in [2.45, 2.75) is 25.9 Å². The van der Waals surface area contributed by atoms with E-state index < -0.39 is 0 Å². The van der Waals surface area contributed by atoms with E-state index in [0.29, 0.717) is 6.42 Å². The molecule has 1 unspecified atom stereocenters. The molecule has 0 radical (unpaired) electrons. The van der Waals surface area contributed by atoms with Gasteiger partial charge in [-0.2, -0.15) is 0 Å². The second-order valence-corrected chi connectivity index (χ2v) is 5.86. The summed E-state index contributed by atoms with van der Waals surface area (Å²) in [4.78, 5) is 0. The molecule has 1 nitrogen and oxygen atoms in total. The van der Waals surface area contributed by atoms with Crippen LogP contribution in [0.15, 0.2) is 48.5 Å². The van der Waals surface area contributed by atoms with Gasteiger partial charge in [0.1, 0.15) is 0 Å². The fourth-order valence-electron chi connectivity index (χ4n) is 2.06. The standard InChI is InChI=1S/C16H17IO/c1-12-4-2-3-5-14(12)11-16(18)10-13-6-8-15(17)9-7-13/h2-9,16,18H,10-11H2,1H3. The van der Waals surface area contributed by atoms with Gasteiger partial charge in [-0.15, -0.1) is 0 Å². The molecule has 2 heteroatoms. The van der Waals surface area contributed by atoms with Crippen molar-refractivity contribution >= 4 is 22.6 Å². The molecule has 0 aliphatic rings. The van der Waals surface area contributed by atoms with Crippen LogP contribution in [-0.4, -0.2) is 11.2 Å². The molecule has 1 atom stereocenters. The van der Waals surface area contributed by atoms with E-state index in [1.807, 2.05) is 12.1 Å². The monoisotopic (exact) mass is 352 g/mol. The van der Waals surface area contributed by atoms with Crippen molar-refractivity contribution in [1.82, 2.24) is 0 Å². The Bertz CT molecular complexity index is 505. The summed E-state index contributed by atoms with van der Waals surface area (Å²) < 4.78 is 1.23. The van der Waals surface area contributed by atoms with E-state index in [4.69, 9.17) is 0 Å². The minimum atomic E-state index is -0.314. The topological polar surface area (TPSA) is 20.2 Å². The third-order valence-corrected chi connectivity index (χ3v) is 3.82. The molecule has 0 bridgehead atoms. The van der Waals surface area contributed by atoms with Crippen molar-refractivity contribution in [2.24, 2.45) is 0 Å². The number of aliphatic hydroxyl groups is 1. The Morgan fingerprint density at radius 2 is 1.67 bits per heavy atom. The summed E-state index contributed by atoms with van der Waals surface area (Å²) in [5, 5.41) is 10.1. The summed E-state index contributed by atoms with van der Waals surface area (Å²) in [7, 11) is 0. The average molecular weight is 352 g/mol. The number of halogens is 1. The molecule has 0 heterocycles. The summed E-state index contributed by atoms with van der Waals surface area (Å²) in [6.45, 7) is 2.09. The zero-order valence-corrected chi connectivity index (χ0v) is 12.6. The normalized spacial score (nSPS) is 12.4.